The highest BCUT2D eigenvalue weighted by Crippen LogP contribution is 2.20. The fourth-order valence-corrected chi connectivity index (χ4v) is 2.13. The van der Waals surface area contributed by atoms with E-state index in [1.165, 1.54) is 5.56 Å². The van der Waals surface area contributed by atoms with E-state index in [-0.39, 0.29) is 0 Å². The molecule has 0 spiro atoms. The van der Waals surface area contributed by atoms with Crippen molar-refractivity contribution in [3.63, 3.8) is 0 Å². The summed E-state index contributed by atoms with van der Waals surface area (Å²) in [6.07, 6.45) is 1.81. The summed E-state index contributed by atoms with van der Waals surface area (Å²) in [6, 6.07) is 10.2. The second-order valence-electron chi connectivity index (χ2n) is 4.39. The van der Waals surface area contributed by atoms with Crippen LogP contribution in [0.5, 0.6) is 0 Å². The number of benzene rings is 1. The fraction of sp³-hybridized carbons (Fsp3) is 0.214. The van der Waals surface area contributed by atoms with Gasteiger partial charge in [0.1, 0.15) is 11.6 Å². The molecule has 0 unspecified atom stereocenters. The highest BCUT2D eigenvalue weighted by atomic mass is 15.3. The lowest BCUT2D eigenvalue weighted by Gasteiger charge is -2.05. The van der Waals surface area contributed by atoms with Gasteiger partial charge in [-0.3, -0.25) is 0 Å². The molecule has 2 aromatic heterocycles. The predicted octanol–water partition coefficient (Wildman–Crippen LogP) is 2.22. The Hall–Kier alpha value is -2.43. The van der Waals surface area contributed by atoms with Gasteiger partial charge in [-0.25, -0.2) is 14.6 Å². The minimum absolute atomic E-state index is 0.712. The molecule has 1 aromatic carbocycles. The van der Waals surface area contributed by atoms with Crippen LogP contribution >= 0.6 is 0 Å². The van der Waals surface area contributed by atoms with Gasteiger partial charge in [-0.2, -0.15) is 5.10 Å². The van der Waals surface area contributed by atoms with Crippen molar-refractivity contribution in [2.24, 2.45) is 0 Å². The van der Waals surface area contributed by atoms with E-state index in [0.29, 0.717) is 6.54 Å². The Morgan fingerprint density at radius 1 is 1.16 bits per heavy atom. The van der Waals surface area contributed by atoms with Crippen LogP contribution in [-0.2, 0) is 6.54 Å². The number of nitrogens with one attached hydrogen (secondary N) is 1. The molecule has 0 aliphatic carbocycles. The Labute approximate surface area is 111 Å². The summed E-state index contributed by atoms with van der Waals surface area (Å²) < 4.78 is 1.90. The highest BCUT2D eigenvalue weighted by Gasteiger charge is 2.10. The number of anilines is 1. The lowest BCUT2D eigenvalue weighted by molar-refractivity contribution is 0.702. The Morgan fingerprint density at radius 2 is 1.95 bits per heavy atom. The summed E-state index contributed by atoms with van der Waals surface area (Å²) in [5.41, 5.74) is 2.07. The first-order chi connectivity index (χ1) is 9.28. The van der Waals surface area contributed by atoms with Crippen molar-refractivity contribution in [1.82, 2.24) is 19.7 Å². The summed E-state index contributed by atoms with van der Waals surface area (Å²) in [7, 11) is 1.86. The number of aryl methyl sites for hydroxylation is 1. The van der Waals surface area contributed by atoms with Crippen LogP contribution in [0.1, 0.15) is 11.4 Å². The van der Waals surface area contributed by atoms with Crippen molar-refractivity contribution in [3.8, 4) is 0 Å². The van der Waals surface area contributed by atoms with Crippen LogP contribution in [0.3, 0.4) is 0 Å². The van der Waals surface area contributed by atoms with Crippen LogP contribution in [0.2, 0.25) is 0 Å². The summed E-state index contributed by atoms with van der Waals surface area (Å²) in [5.74, 6) is 1.56. The highest BCUT2D eigenvalue weighted by molar-refractivity contribution is 5.86. The average molecular weight is 253 g/mol. The van der Waals surface area contributed by atoms with Gasteiger partial charge in [0.05, 0.1) is 18.1 Å². The number of aromatic nitrogens is 4. The molecule has 2 heterocycles. The van der Waals surface area contributed by atoms with E-state index in [1.54, 1.807) is 0 Å². The standard InChI is InChI=1S/C14H15N5/c1-10-17-13(15-2)12-8-16-19(14(12)18-10)9-11-6-4-3-5-7-11/h3-8H,9H2,1-2H3,(H,15,17,18). The number of nitrogens with zero attached hydrogens (tertiary/aromatic N) is 4. The molecule has 3 rings (SSSR count). The molecule has 5 nitrogen and oxygen atoms in total. The SMILES string of the molecule is CNc1nc(C)nc2c1cnn2Cc1ccccc1. The molecular weight excluding hydrogens is 238 g/mol. The fourth-order valence-electron chi connectivity index (χ4n) is 2.13. The van der Waals surface area contributed by atoms with Gasteiger partial charge in [0.2, 0.25) is 0 Å². The van der Waals surface area contributed by atoms with Gasteiger partial charge in [-0.05, 0) is 12.5 Å². The molecule has 96 valence electrons. The maximum absolute atomic E-state index is 4.49. The summed E-state index contributed by atoms with van der Waals surface area (Å²) >= 11 is 0. The van der Waals surface area contributed by atoms with Gasteiger partial charge < -0.3 is 5.32 Å². The summed E-state index contributed by atoms with van der Waals surface area (Å²) in [4.78, 5) is 8.85. The molecule has 1 N–H and O–H groups in total. The smallest absolute Gasteiger partial charge is 0.163 e. The monoisotopic (exact) mass is 253 g/mol. The molecule has 0 aliphatic heterocycles. The maximum atomic E-state index is 4.49. The Balaban J connectivity index is 2.08. The molecule has 0 saturated heterocycles. The molecule has 0 radical (unpaired) electrons. The first-order valence-electron chi connectivity index (χ1n) is 6.20. The van der Waals surface area contributed by atoms with Crippen LogP contribution in [0.4, 0.5) is 5.82 Å². The topological polar surface area (TPSA) is 55.6 Å². The Bertz CT molecular complexity index is 702. The lowest BCUT2D eigenvalue weighted by atomic mass is 10.2. The van der Waals surface area contributed by atoms with Crippen LogP contribution in [0.15, 0.2) is 36.5 Å². The third kappa shape index (κ3) is 2.14. The van der Waals surface area contributed by atoms with Crippen LogP contribution in [-0.4, -0.2) is 26.8 Å². The second-order valence-corrected chi connectivity index (χ2v) is 4.39. The molecule has 0 bridgehead atoms. The number of rotatable bonds is 3. The average Bonchev–Trinajstić information content (AvgIpc) is 2.82. The molecule has 5 heteroatoms. The third-order valence-corrected chi connectivity index (χ3v) is 3.02. The molecule has 0 aliphatic rings. The summed E-state index contributed by atoms with van der Waals surface area (Å²) in [5, 5.41) is 8.45. The van der Waals surface area contributed by atoms with E-state index in [4.69, 9.17) is 0 Å². The van der Waals surface area contributed by atoms with Gasteiger partial charge in [0.15, 0.2) is 5.65 Å². The second kappa shape index (κ2) is 4.68. The molecule has 3 aromatic rings. The van der Waals surface area contributed by atoms with E-state index < -0.39 is 0 Å². The molecule has 0 atom stereocenters. The van der Waals surface area contributed by atoms with Gasteiger partial charge in [-0.15, -0.1) is 0 Å². The maximum Gasteiger partial charge on any atom is 0.163 e. The van der Waals surface area contributed by atoms with Crippen molar-refractivity contribution in [3.05, 3.63) is 47.9 Å². The largest absolute Gasteiger partial charge is 0.372 e. The van der Waals surface area contributed by atoms with E-state index in [9.17, 15) is 0 Å². The van der Waals surface area contributed by atoms with Crippen molar-refractivity contribution in [1.29, 1.82) is 0 Å². The van der Waals surface area contributed by atoms with Gasteiger partial charge in [0.25, 0.3) is 0 Å². The first-order valence-corrected chi connectivity index (χ1v) is 6.20. The minimum Gasteiger partial charge on any atom is -0.372 e. The lowest BCUT2D eigenvalue weighted by Crippen LogP contribution is -2.04. The molecule has 19 heavy (non-hydrogen) atoms. The normalized spacial score (nSPS) is 10.8. The van der Waals surface area contributed by atoms with E-state index in [1.807, 2.05) is 43.0 Å². The predicted molar refractivity (Wildman–Crippen MR) is 75.2 cm³/mol. The quantitative estimate of drug-likeness (QED) is 0.777. The molecular formula is C14H15N5. The van der Waals surface area contributed by atoms with Crippen molar-refractivity contribution >= 4 is 16.9 Å². The molecule has 0 saturated carbocycles. The van der Waals surface area contributed by atoms with E-state index in [2.05, 4.69) is 32.5 Å². The van der Waals surface area contributed by atoms with Crippen LogP contribution in [0.25, 0.3) is 11.0 Å². The van der Waals surface area contributed by atoms with Gasteiger partial charge >= 0.3 is 0 Å². The zero-order valence-electron chi connectivity index (χ0n) is 11.0. The van der Waals surface area contributed by atoms with Crippen molar-refractivity contribution in [2.45, 2.75) is 13.5 Å². The minimum atomic E-state index is 0.712. The van der Waals surface area contributed by atoms with Crippen LogP contribution in [0, 0.1) is 6.92 Å². The van der Waals surface area contributed by atoms with E-state index >= 15 is 0 Å². The number of hydrogen-bond acceptors (Lipinski definition) is 4. The Kier molecular flexibility index (Phi) is 2.87. The van der Waals surface area contributed by atoms with Crippen LogP contribution < -0.4 is 5.32 Å². The van der Waals surface area contributed by atoms with E-state index in [0.717, 1.165) is 22.7 Å². The van der Waals surface area contributed by atoms with Gasteiger partial charge in [0, 0.05) is 7.05 Å². The zero-order chi connectivity index (χ0) is 13.2. The molecule has 0 fully saturated rings. The first kappa shape index (κ1) is 11.6. The molecule has 0 amide bonds. The van der Waals surface area contributed by atoms with Crippen molar-refractivity contribution < 1.29 is 0 Å². The summed E-state index contributed by atoms with van der Waals surface area (Å²) in [6.45, 7) is 2.60. The number of hydrogen-bond donors (Lipinski definition) is 1. The van der Waals surface area contributed by atoms with Crippen molar-refractivity contribution in [2.75, 3.05) is 12.4 Å². The number of fused-ring (bicyclic) bond motifs is 1. The van der Waals surface area contributed by atoms with Gasteiger partial charge in [-0.1, -0.05) is 30.3 Å². The third-order valence-electron chi connectivity index (χ3n) is 3.02. The zero-order valence-corrected chi connectivity index (χ0v) is 11.0. The Morgan fingerprint density at radius 3 is 2.68 bits per heavy atom.